The summed E-state index contributed by atoms with van der Waals surface area (Å²) >= 11 is 0. The van der Waals surface area contributed by atoms with E-state index >= 15 is 0 Å². The molecule has 0 radical (unpaired) electrons. The highest BCUT2D eigenvalue weighted by molar-refractivity contribution is 5.88. The molecule has 2 aliphatic rings. The molecule has 0 heterocycles. The lowest BCUT2D eigenvalue weighted by Gasteiger charge is -2.23. The first-order valence-corrected chi connectivity index (χ1v) is 15.0. The Morgan fingerprint density at radius 3 is 2.00 bits per heavy atom. The van der Waals surface area contributed by atoms with E-state index in [-0.39, 0.29) is 5.92 Å². The summed E-state index contributed by atoms with van der Waals surface area (Å²) in [4.78, 5) is 0. The van der Waals surface area contributed by atoms with Crippen molar-refractivity contribution < 1.29 is 0 Å². The summed E-state index contributed by atoms with van der Waals surface area (Å²) in [7, 11) is 0. The molecule has 41 heavy (non-hydrogen) atoms. The van der Waals surface area contributed by atoms with E-state index in [9.17, 15) is 0 Å². The molecule has 1 atom stereocenters. The Kier molecular flexibility index (Phi) is 6.36. The van der Waals surface area contributed by atoms with Crippen molar-refractivity contribution in [2.75, 3.05) is 0 Å². The standard InChI is InChI=1S/C41H36/c1-5-28-18-20-34-32(23-28)24-37-36(34)25-38(40(29-13-9-7-10-14-29)30-15-11-8-12-16-30)33(6-2)41(37)39-27(4)22-31-19-17-26(3)21-35(31)39/h7-25,39H,5-6H2,1-4H3. The molecule has 0 bridgehead atoms. The number of hydrogen-bond donors (Lipinski definition) is 0. The second-order valence-electron chi connectivity index (χ2n) is 11.6. The number of benzene rings is 5. The van der Waals surface area contributed by atoms with Gasteiger partial charge in [-0.3, -0.25) is 0 Å². The van der Waals surface area contributed by atoms with E-state index in [0.29, 0.717) is 0 Å². The zero-order valence-corrected chi connectivity index (χ0v) is 24.5. The molecule has 0 heteroatoms. The van der Waals surface area contributed by atoms with Gasteiger partial charge in [-0.25, -0.2) is 0 Å². The first-order valence-electron chi connectivity index (χ1n) is 15.0. The minimum atomic E-state index is 0.248. The van der Waals surface area contributed by atoms with Crippen LogP contribution >= 0.6 is 0 Å². The quantitative estimate of drug-likeness (QED) is 0.210. The summed E-state index contributed by atoms with van der Waals surface area (Å²) in [6, 6.07) is 38.5. The molecular formula is C41H36. The molecular weight excluding hydrogens is 492 g/mol. The van der Waals surface area contributed by atoms with E-state index in [0.717, 1.165) is 12.8 Å². The minimum absolute atomic E-state index is 0.248. The van der Waals surface area contributed by atoms with Crippen molar-refractivity contribution in [2.45, 2.75) is 46.5 Å². The molecule has 0 aliphatic heterocycles. The van der Waals surface area contributed by atoms with Crippen molar-refractivity contribution in [1.29, 1.82) is 0 Å². The van der Waals surface area contributed by atoms with E-state index in [1.165, 1.54) is 82.8 Å². The zero-order valence-electron chi connectivity index (χ0n) is 24.5. The molecule has 0 N–H and O–H groups in total. The predicted molar refractivity (Wildman–Crippen MR) is 175 cm³/mol. The van der Waals surface area contributed by atoms with Crippen LogP contribution in [-0.2, 0) is 12.8 Å². The highest BCUT2D eigenvalue weighted by Crippen LogP contribution is 2.42. The molecule has 0 saturated heterocycles. The van der Waals surface area contributed by atoms with E-state index in [2.05, 4.69) is 143 Å². The largest absolute Gasteiger partial charge is 0.0622 e. The molecule has 5 aromatic carbocycles. The van der Waals surface area contributed by atoms with Crippen molar-refractivity contribution in [2.24, 2.45) is 0 Å². The lowest BCUT2D eigenvalue weighted by atomic mass is 9.80. The van der Waals surface area contributed by atoms with Crippen LogP contribution in [0.4, 0.5) is 0 Å². The van der Waals surface area contributed by atoms with Crippen molar-refractivity contribution in [3.8, 4) is 11.1 Å². The van der Waals surface area contributed by atoms with Crippen LogP contribution in [0, 0.1) is 6.92 Å². The number of rotatable bonds is 5. The second-order valence-corrected chi connectivity index (χ2v) is 11.6. The van der Waals surface area contributed by atoms with E-state index in [4.69, 9.17) is 0 Å². The summed E-state index contributed by atoms with van der Waals surface area (Å²) in [6.45, 7) is 9.13. The molecule has 200 valence electrons. The molecule has 2 aliphatic carbocycles. The Balaban J connectivity index is 1.67. The van der Waals surface area contributed by atoms with Crippen LogP contribution in [0.15, 0.2) is 109 Å². The summed E-state index contributed by atoms with van der Waals surface area (Å²) in [6.07, 6.45) is 6.91. The lowest BCUT2D eigenvalue weighted by Crippen LogP contribution is -2.27. The monoisotopic (exact) mass is 528 g/mol. The van der Waals surface area contributed by atoms with Crippen LogP contribution in [0.3, 0.4) is 0 Å². The van der Waals surface area contributed by atoms with Crippen molar-refractivity contribution in [3.63, 3.8) is 0 Å². The number of aryl methyl sites for hydroxylation is 2. The Hall–Kier alpha value is -4.42. The minimum Gasteiger partial charge on any atom is -0.0622 e. The molecule has 0 aromatic heterocycles. The smallest absolute Gasteiger partial charge is 0.0314 e. The Labute approximate surface area is 244 Å². The number of fused-ring (bicyclic) bond motifs is 4. The van der Waals surface area contributed by atoms with Gasteiger partial charge in [-0.15, -0.1) is 0 Å². The predicted octanol–water partition coefficient (Wildman–Crippen LogP) is 8.73. The van der Waals surface area contributed by atoms with Gasteiger partial charge in [-0.05, 0) is 110 Å². The second kappa shape index (κ2) is 10.2. The van der Waals surface area contributed by atoms with Gasteiger partial charge in [0.1, 0.15) is 0 Å². The first-order chi connectivity index (χ1) is 20.1. The molecule has 7 rings (SSSR count). The summed E-state index contributed by atoms with van der Waals surface area (Å²) < 4.78 is 0. The van der Waals surface area contributed by atoms with Crippen LogP contribution in [0.25, 0.3) is 28.9 Å². The number of allylic oxidation sites excluding steroid dienone is 1. The fourth-order valence-corrected chi connectivity index (χ4v) is 7.15. The van der Waals surface area contributed by atoms with Gasteiger partial charge in [0.2, 0.25) is 0 Å². The number of hydrogen-bond acceptors (Lipinski definition) is 0. The van der Waals surface area contributed by atoms with E-state index in [1.54, 1.807) is 0 Å². The Bertz CT molecular complexity index is 1910. The van der Waals surface area contributed by atoms with Crippen LogP contribution in [0.2, 0.25) is 0 Å². The third-order valence-electron chi connectivity index (χ3n) is 9.06. The van der Waals surface area contributed by atoms with Crippen LogP contribution in [-0.4, -0.2) is 0 Å². The molecule has 0 nitrogen and oxygen atoms in total. The van der Waals surface area contributed by atoms with Gasteiger partial charge < -0.3 is 0 Å². The van der Waals surface area contributed by atoms with Crippen LogP contribution in [0.1, 0.15) is 76.8 Å². The summed E-state index contributed by atoms with van der Waals surface area (Å²) in [5, 5.41) is 2.76. The zero-order chi connectivity index (χ0) is 28.1. The van der Waals surface area contributed by atoms with Gasteiger partial charge in [-0.2, -0.15) is 0 Å². The van der Waals surface area contributed by atoms with E-state index in [1.807, 2.05) is 0 Å². The normalized spacial score (nSPS) is 14.6. The average Bonchev–Trinajstić information content (AvgIpc) is 3.53. The third kappa shape index (κ3) is 4.21. The molecule has 1 unspecified atom stereocenters. The Morgan fingerprint density at radius 2 is 1.34 bits per heavy atom. The average molecular weight is 529 g/mol. The third-order valence-corrected chi connectivity index (χ3v) is 9.06. The highest BCUT2D eigenvalue weighted by Gasteiger charge is 2.30. The van der Waals surface area contributed by atoms with Gasteiger partial charge in [0.05, 0.1) is 0 Å². The highest BCUT2D eigenvalue weighted by atomic mass is 14.3. The summed E-state index contributed by atoms with van der Waals surface area (Å²) in [5.74, 6) is 0.248. The lowest BCUT2D eigenvalue weighted by molar-refractivity contribution is 0.921. The Morgan fingerprint density at radius 1 is 0.634 bits per heavy atom. The molecule has 0 amide bonds. The van der Waals surface area contributed by atoms with Crippen LogP contribution in [0.5, 0.6) is 0 Å². The van der Waals surface area contributed by atoms with Crippen molar-refractivity contribution in [1.82, 2.24) is 0 Å². The molecule has 5 aromatic rings. The van der Waals surface area contributed by atoms with Gasteiger partial charge in [0.25, 0.3) is 0 Å². The van der Waals surface area contributed by atoms with Gasteiger partial charge in [-0.1, -0.05) is 128 Å². The maximum absolute atomic E-state index is 2.51. The molecule has 0 fully saturated rings. The van der Waals surface area contributed by atoms with Crippen LogP contribution < -0.4 is 10.4 Å². The van der Waals surface area contributed by atoms with Crippen molar-refractivity contribution >= 4 is 17.7 Å². The fourth-order valence-electron chi connectivity index (χ4n) is 7.15. The van der Waals surface area contributed by atoms with Crippen molar-refractivity contribution in [3.05, 3.63) is 169 Å². The van der Waals surface area contributed by atoms with E-state index < -0.39 is 0 Å². The van der Waals surface area contributed by atoms with Gasteiger partial charge in [0, 0.05) is 5.92 Å². The van der Waals surface area contributed by atoms with Gasteiger partial charge in [0.15, 0.2) is 0 Å². The fraction of sp³-hybridized carbons (Fsp3) is 0.171. The molecule has 0 spiro atoms. The molecule has 0 saturated carbocycles. The maximum atomic E-state index is 2.51. The maximum Gasteiger partial charge on any atom is 0.0314 e. The topological polar surface area (TPSA) is 0 Å². The van der Waals surface area contributed by atoms with Gasteiger partial charge >= 0.3 is 0 Å². The first kappa shape index (κ1) is 25.5. The SMILES string of the molecule is CCc1ccc2c(c1)C=c1c-2cc(=C(c2ccccc2)c2ccccc2)c(CC)c1C1C(C)=Cc2ccc(C)cc21. The summed E-state index contributed by atoms with van der Waals surface area (Å²) in [5.41, 5.74) is 17.8.